The van der Waals surface area contributed by atoms with Gasteiger partial charge in [-0.25, -0.2) is 0 Å². The lowest BCUT2D eigenvalue weighted by molar-refractivity contribution is 0.685. The van der Waals surface area contributed by atoms with Gasteiger partial charge in [0.25, 0.3) is 0 Å². The molecular weight excluding hydrogens is 230 g/mol. The summed E-state index contributed by atoms with van der Waals surface area (Å²) < 4.78 is 0. The molecule has 1 heteroatoms. The number of nitrogens with one attached hydrogen (secondary N) is 1. The second-order valence-electron chi connectivity index (χ2n) is 5.41. The highest BCUT2D eigenvalue weighted by atomic mass is 14.8. The van der Waals surface area contributed by atoms with Crippen LogP contribution in [0.1, 0.15) is 33.4 Å². The summed E-state index contributed by atoms with van der Waals surface area (Å²) in [5.74, 6) is 0. The number of hydrogen-bond donors (Lipinski definition) is 1. The molecule has 0 saturated carbocycles. The third-order valence-electron chi connectivity index (χ3n) is 3.72. The first-order valence-electron chi connectivity index (χ1n) is 6.90. The second kappa shape index (κ2) is 6.03. The standard InChI is InChI=1S/C18H23N/c1-13-9-15(3)18(16(4)10-13)12-19-11-17-8-6-5-7-14(17)2/h5-10,19H,11-12H2,1-4H3. The Bertz CT molecular complexity index is 547. The van der Waals surface area contributed by atoms with Crippen molar-refractivity contribution in [1.82, 2.24) is 5.32 Å². The molecule has 0 fully saturated rings. The van der Waals surface area contributed by atoms with Crippen molar-refractivity contribution in [3.05, 3.63) is 69.8 Å². The van der Waals surface area contributed by atoms with E-state index in [0.717, 1.165) is 13.1 Å². The zero-order valence-corrected chi connectivity index (χ0v) is 12.4. The van der Waals surface area contributed by atoms with Crippen LogP contribution in [-0.2, 0) is 13.1 Å². The van der Waals surface area contributed by atoms with Crippen LogP contribution in [-0.4, -0.2) is 0 Å². The summed E-state index contributed by atoms with van der Waals surface area (Å²) in [4.78, 5) is 0. The van der Waals surface area contributed by atoms with Gasteiger partial charge in [0, 0.05) is 13.1 Å². The molecule has 2 aromatic carbocycles. The first-order chi connectivity index (χ1) is 9.08. The van der Waals surface area contributed by atoms with Gasteiger partial charge in [-0.05, 0) is 55.5 Å². The molecule has 100 valence electrons. The Morgan fingerprint density at radius 2 is 1.42 bits per heavy atom. The summed E-state index contributed by atoms with van der Waals surface area (Å²) >= 11 is 0. The van der Waals surface area contributed by atoms with Crippen LogP contribution in [0.4, 0.5) is 0 Å². The van der Waals surface area contributed by atoms with Crippen LogP contribution < -0.4 is 5.32 Å². The summed E-state index contributed by atoms with van der Waals surface area (Å²) in [6, 6.07) is 13.1. The SMILES string of the molecule is Cc1cc(C)c(CNCc2ccccc2C)c(C)c1. The quantitative estimate of drug-likeness (QED) is 0.860. The van der Waals surface area contributed by atoms with Gasteiger partial charge in [0.15, 0.2) is 0 Å². The van der Waals surface area contributed by atoms with Gasteiger partial charge in [0.05, 0.1) is 0 Å². The van der Waals surface area contributed by atoms with Crippen LogP contribution in [0.15, 0.2) is 36.4 Å². The van der Waals surface area contributed by atoms with E-state index in [-0.39, 0.29) is 0 Å². The van der Waals surface area contributed by atoms with Gasteiger partial charge in [0.2, 0.25) is 0 Å². The molecule has 1 N–H and O–H groups in total. The fourth-order valence-electron chi connectivity index (χ4n) is 2.62. The average molecular weight is 253 g/mol. The number of hydrogen-bond acceptors (Lipinski definition) is 1. The summed E-state index contributed by atoms with van der Waals surface area (Å²) in [6.07, 6.45) is 0. The summed E-state index contributed by atoms with van der Waals surface area (Å²) in [7, 11) is 0. The van der Waals surface area contributed by atoms with Crippen molar-refractivity contribution in [2.24, 2.45) is 0 Å². The summed E-state index contributed by atoms with van der Waals surface area (Å²) in [5, 5.41) is 3.56. The third kappa shape index (κ3) is 3.45. The highest BCUT2D eigenvalue weighted by Gasteiger charge is 2.04. The zero-order chi connectivity index (χ0) is 13.8. The van der Waals surface area contributed by atoms with Crippen molar-refractivity contribution in [2.75, 3.05) is 0 Å². The van der Waals surface area contributed by atoms with Gasteiger partial charge in [-0.2, -0.15) is 0 Å². The van der Waals surface area contributed by atoms with Crippen molar-refractivity contribution in [3.8, 4) is 0 Å². The maximum Gasteiger partial charge on any atom is 0.0213 e. The summed E-state index contributed by atoms with van der Waals surface area (Å²) in [5.41, 5.74) is 8.28. The Balaban J connectivity index is 2.02. The van der Waals surface area contributed by atoms with E-state index in [1.807, 2.05) is 0 Å². The Kier molecular flexibility index (Phi) is 4.39. The Labute approximate surface area is 116 Å². The van der Waals surface area contributed by atoms with Crippen LogP contribution in [0.3, 0.4) is 0 Å². The van der Waals surface area contributed by atoms with Gasteiger partial charge in [0.1, 0.15) is 0 Å². The van der Waals surface area contributed by atoms with E-state index >= 15 is 0 Å². The molecule has 1 nitrogen and oxygen atoms in total. The van der Waals surface area contributed by atoms with Crippen LogP contribution in [0.25, 0.3) is 0 Å². The molecule has 19 heavy (non-hydrogen) atoms. The van der Waals surface area contributed by atoms with E-state index in [9.17, 15) is 0 Å². The fourth-order valence-corrected chi connectivity index (χ4v) is 2.62. The zero-order valence-electron chi connectivity index (χ0n) is 12.4. The lowest BCUT2D eigenvalue weighted by Gasteiger charge is -2.13. The molecular formula is C18H23N. The van der Waals surface area contributed by atoms with E-state index < -0.39 is 0 Å². The second-order valence-corrected chi connectivity index (χ2v) is 5.41. The maximum atomic E-state index is 3.56. The monoisotopic (exact) mass is 253 g/mol. The predicted molar refractivity (Wildman–Crippen MR) is 82.4 cm³/mol. The third-order valence-corrected chi connectivity index (χ3v) is 3.72. The molecule has 0 heterocycles. The minimum Gasteiger partial charge on any atom is -0.309 e. The number of aryl methyl sites for hydroxylation is 4. The van der Waals surface area contributed by atoms with Crippen molar-refractivity contribution in [3.63, 3.8) is 0 Å². The average Bonchev–Trinajstić information content (AvgIpc) is 2.34. The first kappa shape index (κ1) is 13.8. The van der Waals surface area contributed by atoms with Crippen LogP contribution in [0, 0.1) is 27.7 Å². The van der Waals surface area contributed by atoms with Crippen molar-refractivity contribution < 1.29 is 0 Å². The first-order valence-corrected chi connectivity index (χ1v) is 6.90. The minimum atomic E-state index is 0.930. The fraction of sp³-hybridized carbons (Fsp3) is 0.333. The topological polar surface area (TPSA) is 12.0 Å². The van der Waals surface area contributed by atoms with E-state index in [1.165, 1.54) is 33.4 Å². The van der Waals surface area contributed by atoms with Gasteiger partial charge in [-0.3, -0.25) is 0 Å². The van der Waals surface area contributed by atoms with Gasteiger partial charge >= 0.3 is 0 Å². The van der Waals surface area contributed by atoms with E-state index in [0.29, 0.717) is 0 Å². The smallest absolute Gasteiger partial charge is 0.0213 e. The lowest BCUT2D eigenvalue weighted by atomic mass is 9.99. The van der Waals surface area contributed by atoms with Gasteiger partial charge in [-0.1, -0.05) is 42.0 Å². The molecule has 2 rings (SSSR count). The van der Waals surface area contributed by atoms with Crippen LogP contribution in [0.5, 0.6) is 0 Å². The molecule has 0 spiro atoms. The van der Waals surface area contributed by atoms with Crippen LogP contribution in [0.2, 0.25) is 0 Å². The molecule has 0 saturated heterocycles. The molecule has 0 aliphatic rings. The number of rotatable bonds is 4. The highest BCUT2D eigenvalue weighted by Crippen LogP contribution is 2.16. The molecule has 0 aliphatic heterocycles. The highest BCUT2D eigenvalue weighted by molar-refractivity contribution is 5.37. The van der Waals surface area contributed by atoms with E-state index in [2.05, 4.69) is 69.4 Å². The minimum absolute atomic E-state index is 0.930. The number of benzene rings is 2. The molecule has 0 atom stereocenters. The Morgan fingerprint density at radius 1 is 0.789 bits per heavy atom. The Morgan fingerprint density at radius 3 is 2.05 bits per heavy atom. The van der Waals surface area contributed by atoms with E-state index in [1.54, 1.807) is 0 Å². The molecule has 0 aliphatic carbocycles. The van der Waals surface area contributed by atoms with Gasteiger partial charge < -0.3 is 5.32 Å². The molecule has 0 aromatic heterocycles. The normalized spacial score (nSPS) is 10.7. The molecule has 0 bridgehead atoms. The van der Waals surface area contributed by atoms with Gasteiger partial charge in [-0.15, -0.1) is 0 Å². The largest absolute Gasteiger partial charge is 0.309 e. The lowest BCUT2D eigenvalue weighted by Crippen LogP contribution is -2.15. The molecule has 2 aromatic rings. The molecule has 0 unspecified atom stereocenters. The van der Waals surface area contributed by atoms with Crippen molar-refractivity contribution in [1.29, 1.82) is 0 Å². The van der Waals surface area contributed by atoms with E-state index in [4.69, 9.17) is 0 Å². The maximum absolute atomic E-state index is 3.56. The molecule has 0 radical (unpaired) electrons. The Hall–Kier alpha value is -1.60. The van der Waals surface area contributed by atoms with Crippen molar-refractivity contribution in [2.45, 2.75) is 40.8 Å². The van der Waals surface area contributed by atoms with Crippen LogP contribution >= 0.6 is 0 Å². The summed E-state index contributed by atoms with van der Waals surface area (Å²) in [6.45, 7) is 10.6. The van der Waals surface area contributed by atoms with Crippen molar-refractivity contribution >= 4 is 0 Å². The predicted octanol–water partition coefficient (Wildman–Crippen LogP) is 4.21. The molecule has 0 amide bonds.